The van der Waals surface area contributed by atoms with Crippen LogP contribution in [0.1, 0.15) is 5.56 Å². The topological polar surface area (TPSA) is 46.8 Å². The molecule has 0 saturated carbocycles. The highest BCUT2D eigenvalue weighted by Gasteiger charge is 2.09. The largest absolute Gasteiger partial charge is 0.497 e. The smallest absolute Gasteiger partial charge is 0.118 e. The quantitative estimate of drug-likeness (QED) is 0.611. The van der Waals surface area contributed by atoms with Crippen molar-refractivity contribution >= 4 is 5.52 Å². The van der Waals surface area contributed by atoms with E-state index in [1.807, 2.05) is 53.3 Å². The first kappa shape index (κ1) is 15.4. The fraction of sp³-hybridized carbons (Fsp3) is 0.0952. The van der Waals surface area contributed by atoms with Gasteiger partial charge in [-0.2, -0.15) is 0 Å². The molecule has 4 aromatic rings. The van der Waals surface area contributed by atoms with Gasteiger partial charge in [0, 0.05) is 11.8 Å². The lowest BCUT2D eigenvalue weighted by molar-refractivity contribution is 0.282. The molecule has 0 atom stereocenters. The van der Waals surface area contributed by atoms with E-state index in [1.54, 1.807) is 7.11 Å². The van der Waals surface area contributed by atoms with Gasteiger partial charge >= 0.3 is 0 Å². The molecule has 0 bridgehead atoms. The average Bonchev–Trinajstić information content (AvgIpc) is 3.16. The first-order valence-corrected chi connectivity index (χ1v) is 8.09. The molecule has 0 unspecified atom stereocenters. The summed E-state index contributed by atoms with van der Waals surface area (Å²) in [6.45, 7) is 0.0535. The summed E-state index contributed by atoms with van der Waals surface area (Å²) in [5, 5.41) is 9.23. The third-order valence-corrected chi connectivity index (χ3v) is 4.39. The Balaban J connectivity index is 1.86. The molecule has 0 fully saturated rings. The number of fused-ring (bicyclic) bond motifs is 1. The summed E-state index contributed by atoms with van der Waals surface area (Å²) in [4.78, 5) is 4.29. The summed E-state index contributed by atoms with van der Waals surface area (Å²) in [6.07, 6.45) is 5.76. The van der Waals surface area contributed by atoms with E-state index >= 15 is 0 Å². The van der Waals surface area contributed by atoms with Crippen molar-refractivity contribution in [2.24, 2.45) is 0 Å². The Morgan fingerprint density at radius 2 is 1.68 bits per heavy atom. The van der Waals surface area contributed by atoms with Gasteiger partial charge in [-0.15, -0.1) is 0 Å². The van der Waals surface area contributed by atoms with Crippen LogP contribution in [0.3, 0.4) is 0 Å². The van der Waals surface area contributed by atoms with Crippen LogP contribution in [-0.4, -0.2) is 21.6 Å². The molecule has 124 valence electrons. The number of aromatic nitrogens is 2. The Labute approximate surface area is 146 Å². The van der Waals surface area contributed by atoms with Crippen LogP contribution in [0.15, 0.2) is 73.3 Å². The maximum Gasteiger partial charge on any atom is 0.118 e. The van der Waals surface area contributed by atoms with E-state index < -0.39 is 0 Å². The minimum atomic E-state index is 0.0535. The lowest BCUT2D eigenvalue weighted by Gasteiger charge is -2.10. The summed E-state index contributed by atoms with van der Waals surface area (Å²) in [6, 6.07) is 18.2. The van der Waals surface area contributed by atoms with Crippen LogP contribution in [0.25, 0.3) is 27.8 Å². The van der Waals surface area contributed by atoms with Gasteiger partial charge in [0.1, 0.15) is 5.75 Å². The normalized spacial score (nSPS) is 11.0. The Morgan fingerprint density at radius 3 is 2.36 bits per heavy atom. The zero-order valence-electron chi connectivity index (χ0n) is 13.9. The average molecular weight is 330 g/mol. The van der Waals surface area contributed by atoms with Crippen LogP contribution in [0.4, 0.5) is 0 Å². The number of hydrogen-bond acceptors (Lipinski definition) is 3. The molecule has 4 rings (SSSR count). The van der Waals surface area contributed by atoms with Gasteiger partial charge in [0.15, 0.2) is 0 Å². The monoisotopic (exact) mass is 330 g/mol. The molecular formula is C21H18N2O2. The number of imidazole rings is 1. The highest BCUT2D eigenvalue weighted by molar-refractivity contribution is 5.84. The van der Waals surface area contributed by atoms with E-state index in [9.17, 15) is 5.11 Å². The molecule has 0 radical (unpaired) electrons. The van der Waals surface area contributed by atoms with Crippen LogP contribution in [0.2, 0.25) is 0 Å². The van der Waals surface area contributed by atoms with Crippen molar-refractivity contribution < 1.29 is 9.84 Å². The second kappa shape index (κ2) is 6.42. The third kappa shape index (κ3) is 2.88. The summed E-state index contributed by atoms with van der Waals surface area (Å²) in [5.74, 6) is 0.837. The zero-order chi connectivity index (χ0) is 17.2. The number of benzene rings is 2. The van der Waals surface area contributed by atoms with Crippen molar-refractivity contribution in [1.82, 2.24) is 9.38 Å². The van der Waals surface area contributed by atoms with Crippen LogP contribution < -0.4 is 4.74 Å². The molecule has 2 heterocycles. The van der Waals surface area contributed by atoms with Gasteiger partial charge in [-0.3, -0.25) is 0 Å². The number of aliphatic hydroxyl groups is 1. The van der Waals surface area contributed by atoms with E-state index in [0.29, 0.717) is 0 Å². The molecule has 0 aliphatic heterocycles. The van der Waals surface area contributed by atoms with E-state index in [2.05, 4.69) is 29.4 Å². The number of hydrogen-bond donors (Lipinski definition) is 1. The zero-order valence-corrected chi connectivity index (χ0v) is 13.9. The van der Waals surface area contributed by atoms with E-state index in [-0.39, 0.29) is 6.61 Å². The molecule has 4 nitrogen and oxygen atoms in total. The van der Waals surface area contributed by atoms with Gasteiger partial charge in [-0.05, 0) is 40.5 Å². The number of nitrogens with zero attached hydrogens (tertiary/aromatic N) is 2. The number of methoxy groups -OCH3 is 1. The Kier molecular flexibility index (Phi) is 3.96. The molecule has 1 N–H and O–H groups in total. The summed E-state index contributed by atoms with van der Waals surface area (Å²) in [5.41, 5.74) is 6.39. The Hall–Kier alpha value is -3.11. The summed E-state index contributed by atoms with van der Waals surface area (Å²) in [7, 11) is 1.67. The molecule has 25 heavy (non-hydrogen) atoms. The van der Waals surface area contributed by atoms with E-state index in [4.69, 9.17) is 4.74 Å². The molecule has 4 heteroatoms. The van der Waals surface area contributed by atoms with Crippen LogP contribution >= 0.6 is 0 Å². The van der Waals surface area contributed by atoms with Crippen molar-refractivity contribution in [3.05, 3.63) is 78.9 Å². The fourth-order valence-electron chi connectivity index (χ4n) is 2.99. The molecular weight excluding hydrogens is 312 g/mol. The van der Waals surface area contributed by atoms with Crippen molar-refractivity contribution in [3.8, 4) is 28.0 Å². The standard InChI is InChI=1S/C21H18N2O2/c1-25-19-8-6-17(7-9-19)20-10-18(12-23-14-22-11-21(20)23)16-4-2-15(13-24)3-5-16/h2-12,14,24H,13H2,1H3. The number of aliphatic hydroxyl groups excluding tert-OH is 1. The molecule has 0 spiro atoms. The second-order valence-corrected chi connectivity index (χ2v) is 5.91. The molecule has 0 amide bonds. The number of rotatable bonds is 4. The summed E-state index contributed by atoms with van der Waals surface area (Å²) >= 11 is 0. The lowest BCUT2D eigenvalue weighted by atomic mass is 9.99. The summed E-state index contributed by atoms with van der Waals surface area (Å²) < 4.78 is 7.29. The molecule has 0 aliphatic carbocycles. The van der Waals surface area contributed by atoms with E-state index in [0.717, 1.165) is 39.1 Å². The molecule has 2 aromatic heterocycles. The highest BCUT2D eigenvalue weighted by atomic mass is 16.5. The van der Waals surface area contributed by atoms with Crippen molar-refractivity contribution in [2.45, 2.75) is 6.61 Å². The van der Waals surface area contributed by atoms with Crippen molar-refractivity contribution in [1.29, 1.82) is 0 Å². The van der Waals surface area contributed by atoms with Crippen molar-refractivity contribution in [2.75, 3.05) is 7.11 Å². The molecule has 0 aliphatic rings. The highest BCUT2D eigenvalue weighted by Crippen LogP contribution is 2.31. The first-order chi connectivity index (χ1) is 12.3. The van der Waals surface area contributed by atoms with Crippen LogP contribution in [0, 0.1) is 0 Å². The predicted molar refractivity (Wildman–Crippen MR) is 98.5 cm³/mol. The maximum absolute atomic E-state index is 9.23. The van der Waals surface area contributed by atoms with Gasteiger partial charge in [0.25, 0.3) is 0 Å². The number of pyridine rings is 1. The maximum atomic E-state index is 9.23. The number of ether oxygens (including phenoxy) is 1. The fourth-order valence-corrected chi connectivity index (χ4v) is 2.99. The predicted octanol–water partition coefficient (Wildman–Crippen LogP) is 4.17. The van der Waals surface area contributed by atoms with Gasteiger partial charge in [0.05, 0.1) is 31.8 Å². The minimum Gasteiger partial charge on any atom is -0.497 e. The third-order valence-electron chi connectivity index (χ3n) is 4.39. The van der Waals surface area contributed by atoms with Gasteiger partial charge in [-0.1, -0.05) is 36.4 Å². The Morgan fingerprint density at radius 1 is 0.960 bits per heavy atom. The SMILES string of the molecule is COc1ccc(-c2cc(-c3ccc(CO)cc3)cn3cncc23)cc1. The van der Waals surface area contributed by atoms with Gasteiger partial charge in [-0.25, -0.2) is 4.98 Å². The van der Waals surface area contributed by atoms with E-state index in [1.165, 1.54) is 0 Å². The van der Waals surface area contributed by atoms with Gasteiger partial charge < -0.3 is 14.2 Å². The first-order valence-electron chi connectivity index (χ1n) is 8.09. The van der Waals surface area contributed by atoms with Crippen LogP contribution in [-0.2, 0) is 6.61 Å². The molecule has 0 saturated heterocycles. The second-order valence-electron chi connectivity index (χ2n) is 5.91. The van der Waals surface area contributed by atoms with Crippen LogP contribution in [0.5, 0.6) is 5.75 Å². The minimum absolute atomic E-state index is 0.0535. The molecule has 2 aromatic carbocycles. The lowest BCUT2D eigenvalue weighted by Crippen LogP contribution is -1.91. The van der Waals surface area contributed by atoms with Crippen molar-refractivity contribution in [3.63, 3.8) is 0 Å². The van der Waals surface area contributed by atoms with Gasteiger partial charge in [0.2, 0.25) is 0 Å². The Bertz CT molecular complexity index is 1000.